The van der Waals surface area contributed by atoms with Crippen LogP contribution < -0.4 is 0 Å². The summed E-state index contributed by atoms with van der Waals surface area (Å²) in [6, 6.07) is 0. The Labute approximate surface area is 184 Å². The van der Waals surface area contributed by atoms with E-state index in [0.29, 0.717) is 10.8 Å². The van der Waals surface area contributed by atoms with E-state index in [-0.39, 0.29) is 0 Å². The molecular formula is C29H54. The highest BCUT2D eigenvalue weighted by Gasteiger charge is 2.59. The Kier molecular flexibility index (Phi) is 7.87. The Morgan fingerprint density at radius 3 is 2.17 bits per heavy atom. The molecule has 4 rings (SSSR count). The molecular weight excluding hydrogens is 348 g/mol. The van der Waals surface area contributed by atoms with Crippen molar-refractivity contribution in [2.24, 2.45) is 52.3 Å². The molecule has 4 aliphatic rings. The molecule has 0 heterocycles. The van der Waals surface area contributed by atoms with Crippen LogP contribution in [0.4, 0.5) is 0 Å². The number of hydrogen-bond donors (Lipinski definition) is 0. The normalized spacial score (nSPS) is 44.9. The highest BCUT2D eigenvalue weighted by Crippen LogP contribution is 2.68. The van der Waals surface area contributed by atoms with Crippen molar-refractivity contribution in [2.45, 2.75) is 132 Å². The van der Waals surface area contributed by atoms with Crippen molar-refractivity contribution in [1.29, 1.82) is 0 Å². The largest absolute Gasteiger partial charge is 0.0683 e. The summed E-state index contributed by atoms with van der Waals surface area (Å²) in [5.41, 5.74) is 1.39. The molecule has 170 valence electrons. The van der Waals surface area contributed by atoms with Gasteiger partial charge >= 0.3 is 0 Å². The van der Waals surface area contributed by atoms with E-state index in [4.69, 9.17) is 0 Å². The third kappa shape index (κ3) is 4.35. The lowest BCUT2D eigenvalue weighted by Gasteiger charge is -2.61. The van der Waals surface area contributed by atoms with Gasteiger partial charge < -0.3 is 0 Å². The molecule has 0 aromatic carbocycles. The van der Waals surface area contributed by atoms with Crippen molar-refractivity contribution in [2.75, 3.05) is 0 Å². The average molecular weight is 403 g/mol. The lowest BCUT2D eigenvalue weighted by Crippen LogP contribution is -2.53. The van der Waals surface area contributed by atoms with E-state index in [1.54, 1.807) is 51.4 Å². The van der Waals surface area contributed by atoms with Crippen LogP contribution in [0.2, 0.25) is 0 Å². The minimum atomic E-state index is 0.677. The molecule has 0 nitrogen and oxygen atoms in total. The lowest BCUT2D eigenvalue weighted by molar-refractivity contribution is -0.114. The zero-order chi connectivity index (χ0) is 21.2. The molecule has 0 amide bonds. The molecule has 1 unspecified atom stereocenters. The monoisotopic (exact) mass is 402 g/mol. The topological polar surface area (TPSA) is 0 Å². The Morgan fingerprint density at radius 1 is 0.724 bits per heavy atom. The Balaban J connectivity index is 0.00000117. The summed E-state index contributed by atoms with van der Waals surface area (Å²) in [5.74, 6) is 7.15. The first kappa shape index (κ1) is 23.7. The van der Waals surface area contributed by atoms with Gasteiger partial charge in [0.25, 0.3) is 0 Å². The maximum Gasteiger partial charge on any atom is -0.0264 e. The maximum atomic E-state index is 2.75. The molecule has 0 aliphatic heterocycles. The number of fused-ring (bicyclic) bond motifs is 5. The van der Waals surface area contributed by atoms with E-state index >= 15 is 0 Å². The number of rotatable bonds is 5. The summed E-state index contributed by atoms with van der Waals surface area (Å²) in [5, 5.41) is 0. The Hall–Kier alpha value is 0. The molecule has 0 bridgehead atoms. The van der Waals surface area contributed by atoms with Crippen LogP contribution >= 0.6 is 0 Å². The van der Waals surface area contributed by atoms with Crippen LogP contribution in [-0.4, -0.2) is 0 Å². The maximum absolute atomic E-state index is 2.75. The minimum absolute atomic E-state index is 0.677. The van der Waals surface area contributed by atoms with Crippen LogP contribution in [0.25, 0.3) is 0 Å². The molecule has 0 N–H and O–H groups in total. The molecule has 4 fully saturated rings. The van der Waals surface area contributed by atoms with Gasteiger partial charge in [0.05, 0.1) is 0 Å². The first-order valence-electron chi connectivity index (χ1n) is 13.9. The van der Waals surface area contributed by atoms with Crippen LogP contribution in [0.3, 0.4) is 0 Å². The van der Waals surface area contributed by atoms with Crippen molar-refractivity contribution in [3.8, 4) is 0 Å². The van der Waals surface area contributed by atoms with E-state index in [9.17, 15) is 0 Å². The standard InChI is InChI=1S/C27H48.C2H6/c1-19(2)9-8-10-20(3)23-14-15-24-22-13-12-21-11-6-7-17-26(21,4)25(22)16-18-27(23,24)5;1-2/h19-25H,6-18H2,1-5H3;1-2H3/t20-,21?,22+,23-,24+,25+,26+,27-;/m1./s1. The predicted octanol–water partition coefficient (Wildman–Crippen LogP) is 9.52. The first-order chi connectivity index (χ1) is 13.9. The van der Waals surface area contributed by atoms with Gasteiger partial charge in [-0.3, -0.25) is 0 Å². The summed E-state index contributed by atoms with van der Waals surface area (Å²) < 4.78 is 0. The van der Waals surface area contributed by atoms with E-state index in [1.165, 1.54) is 32.1 Å². The second-order valence-electron chi connectivity index (χ2n) is 12.4. The van der Waals surface area contributed by atoms with Crippen molar-refractivity contribution >= 4 is 0 Å². The second kappa shape index (κ2) is 9.65. The molecule has 0 saturated heterocycles. The van der Waals surface area contributed by atoms with Gasteiger partial charge in [-0.2, -0.15) is 0 Å². The molecule has 0 aromatic rings. The fourth-order valence-electron chi connectivity index (χ4n) is 9.32. The average Bonchev–Trinajstić information content (AvgIpc) is 3.06. The van der Waals surface area contributed by atoms with Crippen LogP contribution in [0.1, 0.15) is 132 Å². The van der Waals surface area contributed by atoms with Gasteiger partial charge in [-0.1, -0.05) is 80.6 Å². The molecule has 0 radical (unpaired) electrons. The summed E-state index contributed by atoms with van der Waals surface area (Å²) >= 11 is 0. The van der Waals surface area contributed by atoms with E-state index in [1.807, 2.05) is 13.8 Å². The molecule has 4 aliphatic carbocycles. The highest BCUT2D eigenvalue weighted by molar-refractivity contribution is 5.09. The number of hydrogen-bond acceptors (Lipinski definition) is 0. The van der Waals surface area contributed by atoms with Crippen LogP contribution in [0.5, 0.6) is 0 Å². The molecule has 29 heavy (non-hydrogen) atoms. The van der Waals surface area contributed by atoms with Gasteiger partial charge in [0.1, 0.15) is 0 Å². The Morgan fingerprint density at radius 2 is 1.45 bits per heavy atom. The minimum Gasteiger partial charge on any atom is -0.0683 e. The van der Waals surface area contributed by atoms with Crippen molar-refractivity contribution in [1.82, 2.24) is 0 Å². The van der Waals surface area contributed by atoms with E-state index in [0.717, 1.165) is 41.4 Å². The quantitative estimate of drug-likeness (QED) is 0.429. The van der Waals surface area contributed by atoms with Crippen LogP contribution in [-0.2, 0) is 0 Å². The summed E-state index contributed by atoms with van der Waals surface area (Å²) in [6.07, 6.45) is 19.9. The third-order valence-electron chi connectivity index (χ3n) is 10.8. The SMILES string of the molecule is CC.CC(C)CCC[C@@H](C)[C@H]1CC[C@H]2[C@@H]3CCC4CCCC[C@]4(C)[C@H]3CC[C@]12C. The fourth-order valence-corrected chi connectivity index (χ4v) is 9.32. The fraction of sp³-hybridized carbons (Fsp3) is 1.00. The van der Waals surface area contributed by atoms with Gasteiger partial charge in [-0.15, -0.1) is 0 Å². The van der Waals surface area contributed by atoms with Crippen LogP contribution in [0, 0.1) is 52.3 Å². The van der Waals surface area contributed by atoms with Crippen molar-refractivity contribution in [3.05, 3.63) is 0 Å². The Bertz CT molecular complexity index is 506. The highest BCUT2D eigenvalue weighted by atomic mass is 14.6. The van der Waals surface area contributed by atoms with Gasteiger partial charge in [0, 0.05) is 0 Å². The molecule has 4 saturated carbocycles. The zero-order valence-electron chi connectivity index (χ0n) is 21.2. The van der Waals surface area contributed by atoms with Crippen molar-refractivity contribution < 1.29 is 0 Å². The molecule has 0 spiro atoms. The van der Waals surface area contributed by atoms with Crippen LogP contribution in [0.15, 0.2) is 0 Å². The van der Waals surface area contributed by atoms with Gasteiger partial charge in [0.2, 0.25) is 0 Å². The zero-order valence-corrected chi connectivity index (χ0v) is 21.2. The summed E-state index contributed by atoms with van der Waals surface area (Å²) in [7, 11) is 0. The molecule has 0 heteroatoms. The predicted molar refractivity (Wildman–Crippen MR) is 129 cm³/mol. The third-order valence-corrected chi connectivity index (χ3v) is 10.8. The summed E-state index contributed by atoms with van der Waals surface area (Å²) in [6.45, 7) is 16.9. The smallest absolute Gasteiger partial charge is 0.0264 e. The molecule has 8 atom stereocenters. The summed E-state index contributed by atoms with van der Waals surface area (Å²) in [4.78, 5) is 0. The van der Waals surface area contributed by atoms with E-state index < -0.39 is 0 Å². The van der Waals surface area contributed by atoms with Crippen molar-refractivity contribution in [3.63, 3.8) is 0 Å². The van der Waals surface area contributed by atoms with Gasteiger partial charge in [-0.25, -0.2) is 0 Å². The van der Waals surface area contributed by atoms with E-state index in [2.05, 4.69) is 34.6 Å². The first-order valence-corrected chi connectivity index (χ1v) is 13.9. The lowest BCUT2D eigenvalue weighted by atomic mass is 9.44. The molecule has 0 aromatic heterocycles. The second-order valence-corrected chi connectivity index (χ2v) is 12.4. The van der Waals surface area contributed by atoms with Gasteiger partial charge in [-0.05, 0) is 104 Å². The van der Waals surface area contributed by atoms with Gasteiger partial charge in [0.15, 0.2) is 0 Å².